The second kappa shape index (κ2) is 7.71. The molecule has 0 bridgehead atoms. The Morgan fingerprint density at radius 2 is 1.77 bits per heavy atom. The number of hydrogen-bond acceptors (Lipinski definition) is 4. The van der Waals surface area contributed by atoms with E-state index in [1.165, 1.54) is 0 Å². The van der Waals surface area contributed by atoms with Gasteiger partial charge in [-0.2, -0.15) is 0 Å². The van der Waals surface area contributed by atoms with Crippen LogP contribution in [0.25, 0.3) is 17.3 Å². The fraction of sp³-hybridized carbons (Fsp3) is 0.500. The summed E-state index contributed by atoms with van der Waals surface area (Å²) in [6.45, 7) is 0.303. The molecule has 2 saturated carbocycles. The molecule has 2 aliphatic carbocycles. The van der Waals surface area contributed by atoms with Crippen molar-refractivity contribution in [3.05, 3.63) is 39.8 Å². The van der Waals surface area contributed by atoms with Crippen LogP contribution in [0, 0.1) is 11.8 Å². The zero-order valence-corrected chi connectivity index (χ0v) is 16.0. The third kappa shape index (κ3) is 3.68. The summed E-state index contributed by atoms with van der Waals surface area (Å²) in [5, 5.41) is 14.6. The van der Waals surface area contributed by atoms with Crippen molar-refractivity contribution in [2.45, 2.75) is 44.4 Å². The first-order chi connectivity index (χ1) is 12.7. The maximum absolute atomic E-state index is 9.31. The largest absolute Gasteiger partial charge is 0.396 e. The Kier molecular flexibility index (Phi) is 5.35. The molecule has 2 fully saturated rings. The Balaban J connectivity index is 1.64. The topological polar surface area (TPSA) is 59.2 Å². The lowest BCUT2D eigenvalue weighted by atomic mass is 9.82. The van der Waals surface area contributed by atoms with Gasteiger partial charge in [-0.05, 0) is 50.4 Å². The van der Waals surface area contributed by atoms with Crippen molar-refractivity contribution < 1.29 is 9.63 Å². The number of nitrogens with zero attached hydrogens (tertiary/aromatic N) is 2. The quantitative estimate of drug-likeness (QED) is 0.705. The summed E-state index contributed by atoms with van der Waals surface area (Å²) in [6.07, 6.45) is 14.2. The van der Waals surface area contributed by atoms with Crippen LogP contribution in [0.5, 0.6) is 0 Å². The van der Waals surface area contributed by atoms with E-state index in [1.807, 2.05) is 0 Å². The Morgan fingerprint density at radius 3 is 2.38 bits per heavy atom. The second-order valence-electron chi connectivity index (χ2n) is 7.38. The Labute approximate surface area is 163 Å². The molecule has 138 valence electrons. The molecule has 26 heavy (non-hydrogen) atoms. The fourth-order valence-electron chi connectivity index (χ4n) is 3.72. The summed E-state index contributed by atoms with van der Waals surface area (Å²) in [5.74, 6) is 2.36. The highest BCUT2D eigenvalue weighted by Gasteiger charge is 2.32. The summed E-state index contributed by atoms with van der Waals surface area (Å²) in [6, 6.07) is 0. The number of aliphatic hydroxyl groups excluding tert-OH is 1. The number of aliphatic hydroxyl groups is 1. The number of rotatable bonds is 5. The van der Waals surface area contributed by atoms with Gasteiger partial charge in [-0.25, -0.2) is 0 Å². The van der Waals surface area contributed by atoms with Crippen LogP contribution in [0.4, 0.5) is 0 Å². The van der Waals surface area contributed by atoms with Crippen molar-refractivity contribution in [3.8, 4) is 11.3 Å². The van der Waals surface area contributed by atoms with E-state index < -0.39 is 0 Å². The molecule has 4 rings (SSSR count). The van der Waals surface area contributed by atoms with Crippen LogP contribution in [-0.2, 0) is 0 Å². The predicted molar refractivity (Wildman–Crippen MR) is 103 cm³/mol. The lowest BCUT2D eigenvalue weighted by molar-refractivity contribution is 0.178. The van der Waals surface area contributed by atoms with Gasteiger partial charge in [-0.1, -0.05) is 40.5 Å². The van der Waals surface area contributed by atoms with Crippen molar-refractivity contribution in [1.82, 2.24) is 10.1 Å². The lowest BCUT2D eigenvalue weighted by Gasteiger charge is -2.25. The third-order valence-electron chi connectivity index (χ3n) is 5.48. The smallest absolute Gasteiger partial charge is 0.147 e. The summed E-state index contributed by atoms with van der Waals surface area (Å²) >= 11 is 12.7. The molecule has 0 amide bonds. The molecular weight excluding hydrogens is 371 g/mol. The van der Waals surface area contributed by atoms with Crippen molar-refractivity contribution >= 4 is 29.3 Å². The minimum Gasteiger partial charge on any atom is -0.396 e. The van der Waals surface area contributed by atoms with Gasteiger partial charge in [0.1, 0.15) is 11.5 Å². The van der Waals surface area contributed by atoms with Crippen LogP contribution in [-0.4, -0.2) is 21.9 Å². The monoisotopic (exact) mass is 392 g/mol. The van der Waals surface area contributed by atoms with Crippen LogP contribution in [0.2, 0.25) is 10.0 Å². The van der Waals surface area contributed by atoms with E-state index in [9.17, 15) is 5.11 Å². The first-order valence-corrected chi connectivity index (χ1v) is 10.0. The Hall–Kier alpha value is -1.36. The normalized spacial score (nSPS) is 23.7. The minimum atomic E-state index is 0.303. The molecule has 2 aliphatic rings. The van der Waals surface area contributed by atoms with Gasteiger partial charge in [0.2, 0.25) is 0 Å². The number of allylic oxidation sites excluding steroid dienone is 1. The van der Waals surface area contributed by atoms with Gasteiger partial charge in [0, 0.05) is 36.0 Å². The molecule has 0 atom stereocenters. The van der Waals surface area contributed by atoms with Gasteiger partial charge >= 0.3 is 0 Å². The van der Waals surface area contributed by atoms with Gasteiger partial charge in [-0.3, -0.25) is 4.98 Å². The highest BCUT2D eigenvalue weighted by atomic mass is 35.5. The zero-order chi connectivity index (χ0) is 18.1. The highest BCUT2D eigenvalue weighted by molar-refractivity contribution is 6.39. The van der Waals surface area contributed by atoms with Crippen molar-refractivity contribution in [2.24, 2.45) is 11.8 Å². The Morgan fingerprint density at radius 1 is 1.08 bits per heavy atom. The van der Waals surface area contributed by atoms with E-state index in [0.29, 0.717) is 45.7 Å². The minimum absolute atomic E-state index is 0.303. The molecule has 2 aromatic rings. The van der Waals surface area contributed by atoms with Crippen molar-refractivity contribution in [2.75, 3.05) is 6.61 Å². The molecule has 0 aliphatic heterocycles. The number of pyridine rings is 1. The van der Waals surface area contributed by atoms with Gasteiger partial charge in [0.05, 0.1) is 10.0 Å². The molecule has 4 nitrogen and oxygen atoms in total. The van der Waals surface area contributed by atoms with Gasteiger partial charge in [0.15, 0.2) is 0 Å². The maximum atomic E-state index is 9.31. The van der Waals surface area contributed by atoms with E-state index >= 15 is 0 Å². The molecule has 0 aromatic carbocycles. The first kappa shape index (κ1) is 18.0. The first-order valence-electron chi connectivity index (χ1n) is 9.25. The molecule has 6 heteroatoms. The average Bonchev–Trinajstić information content (AvgIpc) is 3.41. The lowest BCUT2D eigenvalue weighted by Crippen LogP contribution is -2.15. The third-order valence-corrected chi connectivity index (χ3v) is 6.05. The second-order valence-corrected chi connectivity index (χ2v) is 8.20. The van der Waals surface area contributed by atoms with E-state index in [-0.39, 0.29) is 0 Å². The van der Waals surface area contributed by atoms with E-state index in [0.717, 1.165) is 49.8 Å². The average molecular weight is 393 g/mol. The van der Waals surface area contributed by atoms with Crippen LogP contribution in [0.3, 0.4) is 0 Å². The summed E-state index contributed by atoms with van der Waals surface area (Å²) in [4.78, 5) is 4.03. The summed E-state index contributed by atoms with van der Waals surface area (Å²) < 4.78 is 5.69. The van der Waals surface area contributed by atoms with E-state index in [2.05, 4.69) is 22.3 Å². The van der Waals surface area contributed by atoms with Gasteiger partial charge in [-0.15, -0.1) is 0 Å². The molecular formula is C20H22Cl2N2O2. The summed E-state index contributed by atoms with van der Waals surface area (Å²) in [7, 11) is 0. The van der Waals surface area contributed by atoms with Gasteiger partial charge < -0.3 is 9.63 Å². The highest BCUT2D eigenvalue weighted by Crippen LogP contribution is 2.46. The van der Waals surface area contributed by atoms with E-state index in [1.54, 1.807) is 12.4 Å². The van der Waals surface area contributed by atoms with Crippen LogP contribution in [0.15, 0.2) is 23.0 Å². The molecule has 0 spiro atoms. The number of aromatic nitrogens is 2. The Bertz CT molecular complexity index is 786. The van der Waals surface area contributed by atoms with E-state index in [4.69, 9.17) is 27.7 Å². The van der Waals surface area contributed by atoms with Crippen molar-refractivity contribution in [1.29, 1.82) is 0 Å². The zero-order valence-electron chi connectivity index (χ0n) is 14.5. The SMILES string of the molecule is OCC1CCC(/C=C/c2c(-c3c(Cl)cncc3Cl)noc2C2CC2)CC1. The van der Waals surface area contributed by atoms with Crippen LogP contribution < -0.4 is 0 Å². The summed E-state index contributed by atoms with van der Waals surface area (Å²) in [5.41, 5.74) is 2.37. The van der Waals surface area contributed by atoms with Crippen LogP contribution >= 0.6 is 23.2 Å². The number of halogens is 2. The maximum Gasteiger partial charge on any atom is 0.147 e. The molecule has 2 heterocycles. The fourth-order valence-corrected chi connectivity index (χ4v) is 4.27. The number of hydrogen-bond donors (Lipinski definition) is 1. The molecule has 1 N–H and O–H groups in total. The molecule has 2 aromatic heterocycles. The molecule has 0 unspecified atom stereocenters. The standard InChI is InChI=1S/C20H22Cl2N2O2/c21-16-9-23-10-17(22)18(16)19-15(20(26-24-19)14-6-7-14)8-5-12-1-3-13(11-25)4-2-12/h5,8-10,12-14,25H,1-4,6-7,11H2/b8-5+. The van der Waals surface area contributed by atoms with Crippen molar-refractivity contribution in [3.63, 3.8) is 0 Å². The predicted octanol–water partition coefficient (Wildman–Crippen LogP) is 5.73. The molecule has 0 radical (unpaired) electrons. The van der Waals surface area contributed by atoms with Gasteiger partial charge in [0.25, 0.3) is 0 Å². The van der Waals surface area contributed by atoms with Crippen LogP contribution in [0.1, 0.15) is 55.8 Å². The molecule has 0 saturated heterocycles.